The highest BCUT2D eigenvalue weighted by Crippen LogP contribution is 2.23. The van der Waals surface area contributed by atoms with E-state index in [0.717, 1.165) is 42.4 Å². The lowest BCUT2D eigenvalue weighted by Gasteiger charge is -2.30. The smallest absolute Gasteiger partial charge is 0.258 e. The number of fused-ring (bicyclic) bond motifs is 1. The molecule has 0 bridgehead atoms. The number of halogens is 1. The molecule has 5 nitrogen and oxygen atoms in total. The third-order valence-corrected chi connectivity index (χ3v) is 5.44. The maximum Gasteiger partial charge on any atom is 0.258 e. The highest BCUT2D eigenvalue weighted by Gasteiger charge is 2.22. The molecule has 1 fully saturated rings. The summed E-state index contributed by atoms with van der Waals surface area (Å²) in [6.45, 7) is -0.000466. The molecule has 6 heteroatoms. The standard InChI is InChI=1S/C23H24ClN3O2/c24-17-5-3-6-20(14-17)29-15-23(28)26-19-11-9-18(10-12-19)25-22-13-8-16-4-1-2-7-21(16)27-22/h1-8,13-14,18-19H,9-12,15H2,(H,25,27)(H,26,28)/t18-,19+. The Bertz CT molecular complexity index is 987. The summed E-state index contributed by atoms with van der Waals surface area (Å²) in [7, 11) is 0. The minimum atomic E-state index is -0.0995. The molecule has 1 aromatic heterocycles. The van der Waals surface area contributed by atoms with Crippen LogP contribution in [0.25, 0.3) is 10.9 Å². The zero-order chi connectivity index (χ0) is 20.1. The van der Waals surface area contributed by atoms with E-state index in [4.69, 9.17) is 16.3 Å². The number of nitrogens with zero attached hydrogens (tertiary/aromatic N) is 1. The van der Waals surface area contributed by atoms with Crippen LogP contribution >= 0.6 is 11.6 Å². The summed E-state index contributed by atoms with van der Waals surface area (Å²) in [5, 5.41) is 8.35. The van der Waals surface area contributed by atoms with E-state index in [-0.39, 0.29) is 18.6 Å². The monoisotopic (exact) mass is 409 g/mol. The Morgan fingerprint density at radius 2 is 1.79 bits per heavy atom. The normalized spacial score (nSPS) is 18.9. The van der Waals surface area contributed by atoms with Crippen molar-refractivity contribution in [1.29, 1.82) is 0 Å². The summed E-state index contributed by atoms with van der Waals surface area (Å²) in [5.74, 6) is 1.41. The number of nitrogens with one attached hydrogen (secondary N) is 2. The first kappa shape index (κ1) is 19.5. The Hall–Kier alpha value is -2.79. The van der Waals surface area contributed by atoms with Crippen LogP contribution in [-0.4, -0.2) is 29.6 Å². The van der Waals surface area contributed by atoms with Gasteiger partial charge in [-0.25, -0.2) is 4.98 Å². The fourth-order valence-corrected chi connectivity index (χ4v) is 3.89. The predicted octanol–water partition coefficient (Wildman–Crippen LogP) is 4.81. The van der Waals surface area contributed by atoms with Gasteiger partial charge in [0.05, 0.1) is 5.52 Å². The number of ether oxygens (including phenoxy) is 1. The van der Waals surface area contributed by atoms with E-state index >= 15 is 0 Å². The zero-order valence-corrected chi connectivity index (χ0v) is 16.9. The maximum atomic E-state index is 12.2. The van der Waals surface area contributed by atoms with Gasteiger partial charge >= 0.3 is 0 Å². The second-order valence-electron chi connectivity index (χ2n) is 7.40. The first-order valence-electron chi connectivity index (χ1n) is 9.96. The van der Waals surface area contributed by atoms with Crippen molar-refractivity contribution in [3.8, 4) is 5.75 Å². The third-order valence-electron chi connectivity index (χ3n) is 5.21. The van der Waals surface area contributed by atoms with Crippen LogP contribution in [0.5, 0.6) is 5.75 Å². The highest BCUT2D eigenvalue weighted by atomic mass is 35.5. The predicted molar refractivity (Wildman–Crippen MR) is 116 cm³/mol. The molecule has 150 valence electrons. The van der Waals surface area contributed by atoms with Crippen molar-refractivity contribution in [3.63, 3.8) is 0 Å². The summed E-state index contributed by atoms with van der Waals surface area (Å²) < 4.78 is 5.51. The van der Waals surface area contributed by atoms with E-state index in [2.05, 4.69) is 27.8 Å². The number of rotatable bonds is 6. The van der Waals surface area contributed by atoms with Gasteiger partial charge in [0, 0.05) is 22.5 Å². The van der Waals surface area contributed by atoms with E-state index in [9.17, 15) is 4.79 Å². The summed E-state index contributed by atoms with van der Waals surface area (Å²) >= 11 is 5.93. The lowest BCUT2D eigenvalue weighted by atomic mass is 9.91. The molecule has 2 N–H and O–H groups in total. The second kappa shape index (κ2) is 9.14. The van der Waals surface area contributed by atoms with Gasteiger partial charge in [0.1, 0.15) is 11.6 Å². The summed E-state index contributed by atoms with van der Waals surface area (Å²) in [6.07, 6.45) is 3.87. The molecule has 0 spiro atoms. The van der Waals surface area contributed by atoms with E-state index in [0.29, 0.717) is 16.8 Å². The molecule has 4 rings (SSSR count). The van der Waals surface area contributed by atoms with Crippen molar-refractivity contribution in [3.05, 3.63) is 65.7 Å². The van der Waals surface area contributed by atoms with Crippen molar-refractivity contribution in [1.82, 2.24) is 10.3 Å². The average Bonchev–Trinajstić information content (AvgIpc) is 2.74. The number of aromatic nitrogens is 1. The van der Waals surface area contributed by atoms with Gasteiger partial charge in [-0.05, 0) is 62.1 Å². The van der Waals surface area contributed by atoms with Gasteiger partial charge in [0.15, 0.2) is 6.61 Å². The van der Waals surface area contributed by atoms with Crippen molar-refractivity contribution >= 4 is 34.2 Å². The number of carbonyl (C=O) groups excluding carboxylic acids is 1. The van der Waals surface area contributed by atoms with Gasteiger partial charge in [-0.3, -0.25) is 4.79 Å². The molecule has 1 amide bonds. The molecule has 3 aromatic rings. The molecule has 29 heavy (non-hydrogen) atoms. The molecule has 2 aromatic carbocycles. The Kier molecular flexibility index (Phi) is 6.15. The summed E-state index contributed by atoms with van der Waals surface area (Å²) in [4.78, 5) is 16.9. The first-order chi connectivity index (χ1) is 14.2. The number of hydrogen-bond acceptors (Lipinski definition) is 4. The summed E-state index contributed by atoms with van der Waals surface area (Å²) in [5.41, 5.74) is 0.998. The Balaban J connectivity index is 1.22. The molecule has 1 heterocycles. The number of carbonyl (C=O) groups is 1. The first-order valence-corrected chi connectivity index (χ1v) is 10.3. The molecule has 0 saturated heterocycles. The quantitative estimate of drug-likeness (QED) is 0.613. The minimum Gasteiger partial charge on any atom is -0.484 e. The highest BCUT2D eigenvalue weighted by molar-refractivity contribution is 6.30. The summed E-state index contributed by atoms with van der Waals surface area (Å²) in [6, 6.07) is 19.9. The Morgan fingerprint density at radius 3 is 2.62 bits per heavy atom. The lowest BCUT2D eigenvalue weighted by Crippen LogP contribution is -2.42. The largest absolute Gasteiger partial charge is 0.484 e. The van der Waals surface area contributed by atoms with E-state index in [1.54, 1.807) is 24.3 Å². The van der Waals surface area contributed by atoms with Gasteiger partial charge in [-0.2, -0.15) is 0 Å². The van der Waals surface area contributed by atoms with Crippen LogP contribution in [-0.2, 0) is 4.79 Å². The van der Waals surface area contributed by atoms with Crippen LogP contribution in [0, 0.1) is 0 Å². The fourth-order valence-electron chi connectivity index (χ4n) is 3.71. The molecular weight excluding hydrogens is 386 g/mol. The molecule has 0 radical (unpaired) electrons. The fraction of sp³-hybridized carbons (Fsp3) is 0.304. The van der Waals surface area contributed by atoms with Gasteiger partial charge < -0.3 is 15.4 Å². The minimum absolute atomic E-state index is 0.000466. The number of pyridine rings is 1. The van der Waals surface area contributed by atoms with Crippen LogP contribution in [0.1, 0.15) is 25.7 Å². The number of anilines is 1. The maximum absolute atomic E-state index is 12.2. The zero-order valence-electron chi connectivity index (χ0n) is 16.1. The number of para-hydroxylation sites is 1. The molecule has 0 atom stereocenters. The molecule has 1 saturated carbocycles. The lowest BCUT2D eigenvalue weighted by molar-refractivity contribution is -0.124. The number of amides is 1. The van der Waals surface area contributed by atoms with E-state index < -0.39 is 0 Å². The van der Waals surface area contributed by atoms with Gasteiger partial charge in [-0.1, -0.05) is 35.9 Å². The number of hydrogen-bond donors (Lipinski definition) is 2. The average molecular weight is 410 g/mol. The van der Waals surface area contributed by atoms with E-state index in [1.165, 1.54) is 0 Å². The van der Waals surface area contributed by atoms with Gasteiger partial charge in [0.25, 0.3) is 5.91 Å². The Morgan fingerprint density at radius 1 is 1.00 bits per heavy atom. The molecule has 1 aliphatic rings. The van der Waals surface area contributed by atoms with E-state index in [1.807, 2.05) is 24.3 Å². The molecule has 0 unspecified atom stereocenters. The number of benzene rings is 2. The second-order valence-corrected chi connectivity index (χ2v) is 7.83. The van der Waals surface area contributed by atoms with Crippen LogP contribution in [0.15, 0.2) is 60.7 Å². The van der Waals surface area contributed by atoms with Crippen molar-refractivity contribution in [2.45, 2.75) is 37.8 Å². The van der Waals surface area contributed by atoms with Gasteiger partial charge in [0.2, 0.25) is 0 Å². The van der Waals surface area contributed by atoms with Gasteiger partial charge in [-0.15, -0.1) is 0 Å². The van der Waals surface area contributed by atoms with Crippen molar-refractivity contribution in [2.75, 3.05) is 11.9 Å². The van der Waals surface area contributed by atoms with Crippen LogP contribution in [0.3, 0.4) is 0 Å². The molecular formula is C23H24ClN3O2. The third kappa shape index (κ3) is 5.39. The van der Waals surface area contributed by atoms with Crippen molar-refractivity contribution in [2.24, 2.45) is 0 Å². The van der Waals surface area contributed by atoms with Crippen LogP contribution in [0.2, 0.25) is 5.02 Å². The Labute approximate surface area is 175 Å². The van der Waals surface area contributed by atoms with Crippen LogP contribution < -0.4 is 15.4 Å². The molecule has 0 aliphatic heterocycles. The molecule has 1 aliphatic carbocycles. The van der Waals surface area contributed by atoms with Crippen LogP contribution in [0.4, 0.5) is 5.82 Å². The SMILES string of the molecule is O=C(COc1cccc(Cl)c1)N[C@H]1CC[C@@H](Nc2ccc3ccccc3n2)CC1. The van der Waals surface area contributed by atoms with Crippen molar-refractivity contribution < 1.29 is 9.53 Å². The topological polar surface area (TPSA) is 63.2 Å².